The van der Waals surface area contributed by atoms with Crippen molar-refractivity contribution >= 4 is 23.1 Å². The number of benzene rings is 1. The van der Waals surface area contributed by atoms with Crippen LogP contribution in [-0.4, -0.2) is 28.8 Å². The molecule has 0 bridgehead atoms. The van der Waals surface area contributed by atoms with E-state index in [0.717, 1.165) is 5.56 Å². The lowest BCUT2D eigenvalue weighted by molar-refractivity contribution is -0.118. The molecule has 30 heavy (non-hydrogen) atoms. The smallest absolute Gasteiger partial charge is 0.242 e. The number of carbonyl (C=O) groups excluding carboxylic acids is 2. The lowest BCUT2D eigenvalue weighted by atomic mass is 9.99. The first-order valence-corrected chi connectivity index (χ1v) is 9.81. The van der Waals surface area contributed by atoms with E-state index in [1.807, 2.05) is 44.2 Å². The summed E-state index contributed by atoms with van der Waals surface area (Å²) in [5.41, 5.74) is 8.43. The molecule has 6 heteroatoms. The average molecular weight is 405 g/mol. The van der Waals surface area contributed by atoms with Gasteiger partial charge in [0.2, 0.25) is 5.91 Å². The number of Topliss-reactive ketones (excluding diaryl/α,β-unsaturated/α-hetero) is 1. The quantitative estimate of drug-likeness (QED) is 0.508. The molecule has 1 aromatic carbocycles. The van der Waals surface area contributed by atoms with E-state index in [1.165, 1.54) is 6.92 Å². The van der Waals surface area contributed by atoms with Crippen LogP contribution in [0, 0.1) is 11.8 Å². The van der Waals surface area contributed by atoms with Crippen molar-refractivity contribution in [3.8, 4) is 11.8 Å². The number of hydrogen-bond donors (Lipinski definition) is 3. The van der Waals surface area contributed by atoms with Crippen molar-refractivity contribution in [3.63, 3.8) is 0 Å². The Balaban J connectivity index is 2.47. The summed E-state index contributed by atoms with van der Waals surface area (Å²) < 4.78 is 0. The number of amides is 1. The van der Waals surface area contributed by atoms with Crippen LogP contribution in [0.15, 0.2) is 48.2 Å². The molecule has 0 spiro atoms. The highest BCUT2D eigenvalue weighted by Gasteiger charge is 2.18. The third kappa shape index (κ3) is 6.29. The largest absolute Gasteiger partial charge is 0.402 e. The molecule has 2 aromatic rings. The van der Waals surface area contributed by atoms with Crippen molar-refractivity contribution in [1.82, 2.24) is 10.3 Å². The predicted octanol–water partition coefficient (Wildman–Crippen LogP) is 3.09. The van der Waals surface area contributed by atoms with Crippen LogP contribution in [0.3, 0.4) is 0 Å². The number of anilines is 1. The molecular weight excluding hydrogens is 376 g/mol. The minimum atomic E-state index is -0.385. The van der Waals surface area contributed by atoms with Gasteiger partial charge in [0, 0.05) is 28.4 Å². The molecule has 1 heterocycles. The number of nitrogens with zero attached hydrogens (tertiary/aromatic N) is 1. The number of nitrogens with two attached hydrogens (primary N) is 1. The first-order chi connectivity index (χ1) is 14.2. The summed E-state index contributed by atoms with van der Waals surface area (Å²) in [5.74, 6) is 6.05. The van der Waals surface area contributed by atoms with Crippen LogP contribution >= 0.6 is 0 Å². The van der Waals surface area contributed by atoms with Gasteiger partial charge in [0.05, 0.1) is 6.04 Å². The zero-order valence-corrected chi connectivity index (χ0v) is 18.0. The fourth-order valence-electron chi connectivity index (χ4n) is 2.97. The Morgan fingerprint density at radius 1 is 1.00 bits per heavy atom. The molecule has 0 saturated carbocycles. The van der Waals surface area contributed by atoms with Crippen LogP contribution in [0.4, 0.5) is 5.82 Å². The van der Waals surface area contributed by atoms with Gasteiger partial charge in [0.1, 0.15) is 11.5 Å². The second-order valence-electron chi connectivity index (χ2n) is 7.36. The van der Waals surface area contributed by atoms with E-state index >= 15 is 0 Å². The van der Waals surface area contributed by atoms with Gasteiger partial charge in [0.25, 0.3) is 0 Å². The number of ketones is 1. The highest BCUT2D eigenvalue weighted by atomic mass is 16.2. The van der Waals surface area contributed by atoms with Crippen molar-refractivity contribution in [2.75, 3.05) is 5.32 Å². The van der Waals surface area contributed by atoms with E-state index in [9.17, 15) is 9.59 Å². The number of aromatic nitrogens is 1. The Bertz CT molecular complexity index is 1010. The Morgan fingerprint density at radius 3 is 2.23 bits per heavy atom. The zero-order valence-electron chi connectivity index (χ0n) is 18.0. The minimum Gasteiger partial charge on any atom is -0.402 e. The SMILES string of the molecule is CC(=O)/C(=C(/C)N)c1ccc(NC(=O)C(C)NC(C)C)nc1C#Cc1ccccc1. The van der Waals surface area contributed by atoms with Gasteiger partial charge in [-0.15, -0.1) is 0 Å². The number of allylic oxidation sites excluding steroid dienone is 2. The van der Waals surface area contributed by atoms with Crippen molar-refractivity contribution in [2.24, 2.45) is 5.73 Å². The monoisotopic (exact) mass is 404 g/mol. The second-order valence-corrected chi connectivity index (χ2v) is 7.36. The van der Waals surface area contributed by atoms with Gasteiger partial charge in [-0.25, -0.2) is 4.98 Å². The normalized spacial score (nSPS) is 12.5. The Hall–Kier alpha value is -3.43. The number of nitrogens with one attached hydrogen (secondary N) is 2. The van der Waals surface area contributed by atoms with Crippen molar-refractivity contribution in [2.45, 2.75) is 46.7 Å². The molecule has 0 saturated heterocycles. The minimum absolute atomic E-state index is 0.171. The molecular formula is C24H28N4O2. The summed E-state index contributed by atoms with van der Waals surface area (Å²) in [5, 5.41) is 5.94. The number of hydrogen-bond acceptors (Lipinski definition) is 5. The highest BCUT2D eigenvalue weighted by molar-refractivity contribution is 6.20. The zero-order chi connectivity index (χ0) is 22.3. The van der Waals surface area contributed by atoms with Crippen LogP contribution in [0.5, 0.6) is 0 Å². The van der Waals surface area contributed by atoms with E-state index < -0.39 is 0 Å². The third-order valence-corrected chi connectivity index (χ3v) is 4.24. The summed E-state index contributed by atoms with van der Waals surface area (Å²) in [6.45, 7) is 8.85. The molecule has 0 aliphatic heterocycles. The molecule has 0 radical (unpaired) electrons. The molecule has 2 rings (SSSR count). The van der Waals surface area contributed by atoms with Crippen LogP contribution in [0.25, 0.3) is 5.57 Å². The highest BCUT2D eigenvalue weighted by Crippen LogP contribution is 2.22. The maximum absolute atomic E-state index is 12.4. The Labute approximate surface area is 178 Å². The predicted molar refractivity (Wildman–Crippen MR) is 120 cm³/mol. The van der Waals surface area contributed by atoms with E-state index in [2.05, 4.69) is 27.5 Å². The van der Waals surface area contributed by atoms with Gasteiger partial charge in [-0.1, -0.05) is 38.0 Å². The number of carbonyl (C=O) groups is 2. The Morgan fingerprint density at radius 2 is 1.67 bits per heavy atom. The lowest BCUT2D eigenvalue weighted by Crippen LogP contribution is -2.41. The van der Waals surface area contributed by atoms with E-state index in [1.54, 1.807) is 26.0 Å². The maximum atomic E-state index is 12.4. The van der Waals surface area contributed by atoms with Gasteiger partial charge in [-0.2, -0.15) is 0 Å². The van der Waals surface area contributed by atoms with Crippen LogP contribution in [-0.2, 0) is 9.59 Å². The van der Waals surface area contributed by atoms with Crippen LogP contribution < -0.4 is 16.4 Å². The van der Waals surface area contributed by atoms with Gasteiger partial charge < -0.3 is 16.4 Å². The topological polar surface area (TPSA) is 97.1 Å². The molecule has 0 fully saturated rings. The van der Waals surface area contributed by atoms with Crippen molar-refractivity contribution in [1.29, 1.82) is 0 Å². The average Bonchev–Trinajstić information content (AvgIpc) is 2.67. The molecule has 1 aromatic heterocycles. The van der Waals surface area contributed by atoms with Gasteiger partial charge >= 0.3 is 0 Å². The molecule has 0 aliphatic carbocycles. The summed E-state index contributed by atoms with van der Waals surface area (Å²) in [6, 6.07) is 12.6. The van der Waals surface area contributed by atoms with E-state index in [0.29, 0.717) is 28.3 Å². The third-order valence-electron chi connectivity index (χ3n) is 4.24. The summed E-state index contributed by atoms with van der Waals surface area (Å²) in [7, 11) is 0. The molecule has 1 atom stereocenters. The maximum Gasteiger partial charge on any atom is 0.242 e. The first kappa shape index (κ1) is 22.9. The molecule has 1 amide bonds. The van der Waals surface area contributed by atoms with Crippen LogP contribution in [0.1, 0.15) is 51.4 Å². The summed E-state index contributed by atoms with van der Waals surface area (Å²) in [4.78, 5) is 29.1. The number of rotatable bonds is 6. The van der Waals surface area contributed by atoms with Gasteiger partial charge in [-0.3, -0.25) is 9.59 Å². The molecule has 156 valence electrons. The molecule has 6 nitrogen and oxygen atoms in total. The van der Waals surface area contributed by atoms with Crippen molar-refractivity contribution in [3.05, 3.63) is 65.0 Å². The van der Waals surface area contributed by atoms with E-state index in [4.69, 9.17) is 5.73 Å². The lowest BCUT2D eigenvalue weighted by Gasteiger charge is -2.17. The molecule has 1 unspecified atom stereocenters. The van der Waals surface area contributed by atoms with Gasteiger partial charge in [0.15, 0.2) is 5.78 Å². The Kier molecular flexibility index (Phi) is 7.90. The van der Waals surface area contributed by atoms with Crippen molar-refractivity contribution < 1.29 is 9.59 Å². The summed E-state index contributed by atoms with van der Waals surface area (Å²) >= 11 is 0. The second kappa shape index (κ2) is 10.4. The van der Waals surface area contributed by atoms with Gasteiger partial charge in [-0.05, 0) is 51.0 Å². The summed E-state index contributed by atoms with van der Waals surface area (Å²) in [6.07, 6.45) is 0. The van der Waals surface area contributed by atoms with E-state index in [-0.39, 0.29) is 23.8 Å². The first-order valence-electron chi connectivity index (χ1n) is 9.81. The molecule has 0 aliphatic rings. The number of pyridine rings is 1. The fourth-order valence-corrected chi connectivity index (χ4v) is 2.97. The fraction of sp³-hybridized carbons (Fsp3) is 0.292. The standard InChI is InChI=1S/C24H28N4O2/c1-15(2)26-17(4)24(30)28-22-14-12-20(23(16(3)25)18(5)29)21(27-22)13-11-19-9-7-6-8-10-19/h6-10,12,14-15,17,26H,25H2,1-5H3,(H,27,28,30)/b23-16+. The van der Waals surface area contributed by atoms with Crippen LogP contribution in [0.2, 0.25) is 0 Å². The molecule has 4 N–H and O–H groups in total.